The van der Waals surface area contributed by atoms with Crippen LogP contribution < -0.4 is 0 Å². The molecule has 1 aliphatic rings. The number of aliphatic hydroxyl groups excluding tert-OH is 1. The third-order valence-corrected chi connectivity index (χ3v) is 3.56. The molecule has 0 radical (unpaired) electrons. The highest BCUT2D eigenvalue weighted by atomic mass is 19.4. The molecule has 2 unspecified atom stereocenters. The van der Waals surface area contributed by atoms with Crippen LogP contribution in [0.3, 0.4) is 0 Å². The Balaban J connectivity index is 2.67. The molecule has 108 valence electrons. The fourth-order valence-electron chi connectivity index (χ4n) is 2.75. The summed E-state index contributed by atoms with van der Waals surface area (Å²) in [7, 11) is 0. The first-order valence-electron chi connectivity index (χ1n) is 6.93. The standard InChI is InChI=1S/C13H24F3NO/c1-2-9-17(10-13(14,15)16)11-7-5-3-4-6-8-12(11)18/h11-12,18H,2-10H2,1H3. The number of aliphatic hydroxyl groups is 1. The van der Waals surface area contributed by atoms with E-state index < -0.39 is 18.8 Å². The van der Waals surface area contributed by atoms with Gasteiger partial charge in [0.25, 0.3) is 0 Å². The first kappa shape index (κ1) is 15.8. The first-order chi connectivity index (χ1) is 8.44. The van der Waals surface area contributed by atoms with Crippen LogP contribution in [0.25, 0.3) is 0 Å². The van der Waals surface area contributed by atoms with Gasteiger partial charge in [-0.15, -0.1) is 0 Å². The first-order valence-corrected chi connectivity index (χ1v) is 6.93. The maximum Gasteiger partial charge on any atom is 0.401 e. The van der Waals surface area contributed by atoms with Gasteiger partial charge in [-0.3, -0.25) is 4.90 Å². The van der Waals surface area contributed by atoms with Gasteiger partial charge < -0.3 is 5.11 Å². The highest BCUT2D eigenvalue weighted by Gasteiger charge is 2.35. The fraction of sp³-hybridized carbons (Fsp3) is 1.00. The minimum atomic E-state index is -4.18. The van der Waals surface area contributed by atoms with E-state index in [0.29, 0.717) is 25.8 Å². The molecule has 2 atom stereocenters. The molecule has 1 fully saturated rings. The summed E-state index contributed by atoms with van der Waals surface area (Å²) in [5.41, 5.74) is 0. The van der Waals surface area contributed by atoms with Crippen molar-refractivity contribution in [3.05, 3.63) is 0 Å². The van der Waals surface area contributed by atoms with Gasteiger partial charge in [0, 0.05) is 6.04 Å². The summed E-state index contributed by atoms with van der Waals surface area (Å²) < 4.78 is 37.7. The maximum atomic E-state index is 12.6. The lowest BCUT2D eigenvalue weighted by Crippen LogP contribution is -2.48. The summed E-state index contributed by atoms with van der Waals surface area (Å²) in [6.45, 7) is 1.38. The Hall–Kier alpha value is -0.290. The second-order valence-corrected chi connectivity index (χ2v) is 5.21. The van der Waals surface area contributed by atoms with Crippen molar-refractivity contribution in [3.63, 3.8) is 0 Å². The summed E-state index contributed by atoms with van der Waals surface area (Å²) in [5, 5.41) is 10.1. The normalized spacial score (nSPS) is 27.0. The number of halogens is 3. The van der Waals surface area contributed by atoms with Gasteiger partial charge in [0.1, 0.15) is 0 Å². The van der Waals surface area contributed by atoms with E-state index in [1.54, 1.807) is 0 Å². The molecule has 2 nitrogen and oxygen atoms in total. The van der Waals surface area contributed by atoms with Gasteiger partial charge in [-0.1, -0.05) is 32.6 Å². The van der Waals surface area contributed by atoms with E-state index in [9.17, 15) is 18.3 Å². The van der Waals surface area contributed by atoms with E-state index in [1.165, 1.54) is 4.90 Å². The van der Waals surface area contributed by atoms with Crippen LogP contribution in [0.4, 0.5) is 13.2 Å². The zero-order valence-electron chi connectivity index (χ0n) is 11.0. The summed E-state index contributed by atoms with van der Waals surface area (Å²) in [5.74, 6) is 0. The lowest BCUT2D eigenvalue weighted by atomic mass is 9.93. The molecule has 0 spiro atoms. The van der Waals surface area contributed by atoms with Gasteiger partial charge in [-0.2, -0.15) is 13.2 Å². The van der Waals surface area contributed by atoms with E-state index in [1.807, 2.05) is 6.92 Å². The van der Waals surface area contributed by atoms with Crippen molar-refractivity contribution < 1.29 is 18.3 Å². The lowest BCUT2D eigenvalue weighted by molar-refractivity contribution is -0.156. The Bertz CT molecular complexity index is 233. The van der Waals surface area contributed by atoms with Gasteiger partial charge in [0.05, 0.1) is 12.6 Å². The molecule has 1 saturated carbocycles. The summed E-state index contributed by atoms with van der Waals surface area (Å²) in [6, 6.07) is -0.327. The van der Waals surface area contributed by atoms with Crippen LogP contribution in [0, 0.1) is 0 Å². The SMILES string of the molecule is CCCN(CC(F)(F)F)C1CCCCCCC1O. The van der Waals surface area contributed by atoms with Gasteiger partial charge >= 0.3 is 6.18 Å². The largest absolute Gasteiger partial charge is 0.401 e. The second kappa shape index (κ2) is 7.34. The zero-order chi connectivity index (χ0) is 13.6. The van der Waals surface area contributed by atoms with Crippen LogP contribution in [-0.2, 0) is 0 Å². The van der Waals surface area contributed by atoms with E-state index in [-0.39, 0.29) is 6.04 Å². The van der Waals surface area contributed by atoms with Gasteiger partial charge in [-0.25, -0.2) is 0 Å². The van der Waals surface area contributed by atoms with Gasteiger partial charge in [0.2, 0.25) is 0 Å². The van der Waals surface area contributed by atoms with Crippen LogP contribution in [0.1, 0.15) is 51.9 Å². The molecular formula is C13H24F3NO. The summed E-state index contributed by atoms with van der Waals surface area (Å²) >= 11 is 0. The van der Waals surface area contributed by atoms with E-state index in [2.05, 4.69) is 0 Å². The van der Waals surface area contributed by atoms with Crippen molar-refractivity contribution in [3.8, 4) is 0 Å². The van der Waals surface area contributed by atoms with Gasteiger partial charge in [-0.05, 0) is 25.8 Å². The molecule has 0 saturated heterocycles. The van der Waals surface area contributed by atoms with Crippen molar-refractivity contribution in [1.82, 2.24) is 4.90 Å². The van der Waals surface area contributed by atoms with Crippen LogP contribution >= 0.6 is 0 Å². The molecule has 0 aromatic carbocycles. The molecular weight excluding hydrogens is 243 g/mol. The van der Waals surface area contributed by atoms with Crippen LogP contribution in [0.15, 0.2) is 0 Å². The van der Waals surface area contributed by atoms with Crippen molar-refractivity contribution in [2.24, 2.45) is 0 Å². The average molecular weight is 267 g/mol. The average Bonchev–Trinajstić information content (AvgIpc) is 2.22. The zero-order valence-corrected chi connectivity index (χ0v) is 11.0. The number of hydrogen-bond donors (Lipinski definition) is 1. The minimum absolute atomic E-state index is 0.327. The summed E-state index contributed by atoms with van der Waals surface area (Å²) in [4.78, 5) is 1.43. The van der Waals surface area contributed by atoms with Crippen molar-refractivity contribution in [1.29, 1.82) is 0 Å². The molecule has 5 heteroatoms. The van der Waals surface area contributed by atoms with Crippen molar-refractivity contribution >= 4 is 0 Å². The Morgan fingerprint density at radius 3 is 2.28 bits per heavy atom. The maximum absolute atomic E-state index is 12.6. The molecule has 0 bridgehead atoms. The minimum Gasteiger partial charge on any atom is -0.391 e. The smallest absolute Gasteiger partial charge is 0.391 e. The third-order valence-electron chi connectivity index (χ3n) is 3.56. The number of hydrogen-bond acceptors (Lipinski definition) is 2. The molecule has 0 aromatic heterocycles. The molecule has 18 heavy (non-hydrogen) atoms. The number of rotatable bonds is 4. The Morgan fingerprint density at radius 2 is 1.72 bits per heavy atom. The molecule has 0 amide bonds. The highest BCUT2D eigenvalue weighted by Crippen LogP contribution is 2.25. The van der Waals surface area contributed by atoms with E-state index in [0.717, 1.165) is 25.7 Å². The quantitative estimate of drug-likeness (QED) is 0.844. The lowest BCUT2D eigenvalue weighted by Gasteiger charge is -2.36. The van der Waals surface area contributed by atoms with Crippen molar-refractivity contribution in [2.45, 2.75) is 70.2 Å². The monoisotopic (exact) mass is 267 g/mol. The van der Waals surface area contributed by atoms with E-state index in [4.69, 9.17) is 0 Å². The van der Waals surface area contributed by atoms with Gasteiger partial charge in [0.15, 0.2) is 0 Å². The second-order valence-electron chi connectivity index (χ2n) is 5.21. The predicted octanol–water partition coefficient (Wildman–Crippen LogP) is 3.34. The summed E-state index contributed by atoms with van der Waals surface area (Å²) in [6.07, 6.45) is 1.17. The molecule has 0 aliphatic heterocycles. The van der Waals surface area contributed by atoms with Crippen LogP contribution in [0.5, 0.6) is 0 Å². The van der Waals surface area contributed by atoms with Crippen LogP contribution in [-0.4, -0.2) is 41.4 Å². The topological polar surface area (TPSA) is 23.5 Å². The molecule has 1 aliphatic carbocycles. The van der Waals surface area contributed by atoms with Crippen molar-refractivity contribution in [2.75, 3.05) is 13.1 Å². The van der Waals surface area contributed by atoms with Crippen LogP contribution in [0.2, 0.25) is 0 Å². The molecule has 1 rings (SSSR count). The number of nitrogens with zero attached hydrogens (tertiary/aromatic N) is 1. The molecule has 0 heterocycles. The Morgan fingerprint density at radius 1 is 1.11 bits per heavy atom. The predicted molar refractivity (Wildman–Crippen MR) is 65.4 cm³/mol. The number of alkyl halides is 3. The van der Waals surface area contributed by atoms with E-state index >= 15 is 0 Å². The Labute approximate surface area is 107 Å². The molecule has 1 N–H and O–H groups in total. The molecule has 0 aromatic rings. The third kappa shape index (κ3) is 5.57. The fourth-order valence-corrected chi connectivity index (χ4v) is 2.75. The highest BCUT2D eigenvalue weighted by molar-refractivity contribution is 4.82. The Kier molecular flexibility index (Phi) is 6.43.